The van der Waals surface area contributed by atoms with Crippen molar-refractivity contribution in [1.29, 1.82) is 0 Å². The van der Waals surface area contributed by atoms with Crippen molar-refractivity contribution in [3.8, 4) is 0 Å². The molecular formula is C17H34N3O6+. The third-order valence-corrected chi connectivity index (χ3v) is 4.25. The Morgan fingerprint density at radius 3 is 2.31 bits per heavy atom. The molecule has 0 rings (SSSR count). The van der Waals surface area contributed by atoms with E-state index in [4.69, 9.17) is 10.5 Å². The Labute approximate surface area is 155 Å². The lowest BCUT2D eigenvalue weighted by Crippen LogP contribution is -2.49. The fourth-order valence-electron chi connectivity index (χ4n) is 2.57. The predicted molar refractivity (Wildman–Crippen MR) is 95.3 cm³/mol. The first-order valence-electron chi connectivity index (χ1n) is 8.89. The second-order valence-electron chi connectivity index (χ2n) is 6.95. The zero-order valence-corrected chi connectivity index (χ0v) is 16.5. The van der Waals surface area contributed by atoms with Crippen LogP contribution < -0.4 is 11.1 Å². The SMILES string of the molecule is CCC[N+](C)(C)CCC(C(=O)NC(O)C(=O)OCOCC)C(C)C(N)=O. The second kappa shape index (κ2) is 11.8. The fourth-order valence-corrected chi connectivity index (χ4v) is 2.57. The predicted octanol–water partition coefficient (Wildman–Crippen LogP) is -0.428. The highest BCUT2D eigenvalue weighted by Crippen LogP contribution is 2.18. The summed E-state index contributed by atoms with van der Waals surface area (Å²) >= 11 is 0. The Balaban J connectivity index is 4.89. The first-order valence-corrected chi connectivity index (χ1v) is 8.89. The molecule has 0 bridgehead atoms. The molecule has 2 amide bonds. The average molecular weight is 376 g/mol. The molecule has 4 N–H and O–H groups in total. The highest BCUT2D eigenvalue weighted by atomic mass is 16.7. The van der Waals surface area contributed by atoms with Crippen molar-refractivity contribution >= 4 is 17.8 Å². The van der Waals surface area contributed by atoms with Gasteiger partial charge in [0, 0.05) is 18.9 Å². The van der Waals surface area contributed by atoms with Crippen molar-refractivity contribution in [3.63, 3.8) is 0 Å². The third-order valence-electron chi connectivity index (χ3n) is 4.25. The molecule has 0 fully saturated rings. The number of aliphatic hydroxyl groups excluding tert-OH is 1. The number of esters is 1. The van der Waals surface area contributed by atoms with E-state index in [-0.39, 0.29) is 6.79 Å². The first-order chi connectivity index (χ1) is 12.1. The number of hydrogen-bond acceptors (Lipinski definition) is 6. The van der Waals surface area contributed by atoms with Crippen LogP contribution >= 0.6 is 0 Å². The van der Waals surface area contributed by atoms with Crippen LogP contribution in [0.1, 0.15) is 33.6 Å². The van der Waals surface area contributed by atoms with Crippen LogP contribution in [0.2, 0.25) is 0 Å². The van der Waals surface area contributed by atoms with Gasteiger partial charge in [-0.25, -0.2) is 4.79 Å². The summed E-state index contributed by atoms with van der Waals surface area (Å²) in [4.78, 5) is 35.7. The highest BCUT2D eigenvalue weighted by molar-refractivity contribution is 5.89. The summed E-state index contributed by atoms with van der Waals surface area (Å²) in [5, 5.41) is 12.0. The number of nitrogens with one attached hydrogen (secondary N) is 1. The van der Waals surface area contributed by atoms with Gasteiger partial charge >= 0.3 is 5.97 Å². The van der Waals surface area contributed by atoms with E-state index < -0.39 is 35.8 Å². The molecule has 3 atom stereocenters. The highest BCUT2D eigenvalue weighted by Gasteiger charge is 2.33. The average Bonchev–Trinajstić information content (AvgIpc) is 2.54. The molecule has 0 aliphatic heterocycles. The molecule has 0 aliphatic carbocycles. The van der Waals surface area contributed by atoms with Crippen LogP contribution in [-0.4, -0.2) is 74.2 Å². The number of rotatable bonds is 13. The van der Waals surface area contributed by atoms with E-state index in [1.54, 1.807) is 13.8 Å². The number of primary amides is 1. The van der Waals surface area contributed by atoms with Crippen molar-refractivity contribution < 1.29 is 33.4 Å². The standard InChI is InChI=1S/C17H33N3O6/c1-6-9-20(4,5)10-8-13(12(3)14(18)21)15(22)19-16(23)17(24)26-11-25-7-2/h12-13,16,23H,6-11H2,1-5H3,(H2-,18,19,21,22)/p+1. The molecule has 9 heteroatoms. The second-order valence-corrected chi connectivity index (χ2v) is 6.95. The largest absolute Gasteiger partial charge is 0.435 e. The summed E-state index contributed by atoms with van der Waals surface area (Å²) in [6.45, 7) is 6.96. The van der Waals surface area contributed by atoms with Crippen molar-refractivity contribution in [2.24, 2.45) is 17.6 Å². The normalized spacial score (nSPS) is 15.0. The van der Waals surface area contributed by atoms with Gasteiger partial charge in [0.15, 0.2) is 6.79 Å². The monoisotopic (exact) mass is 376 g/mol. The molecule has 0 saturated heterocycles. The number of ether oxygens (including phenoxy) is 2. The Bertz CT molecular complexity index is 469. The van der Waals surface area contributed by atoms with Gasteiger partial charge in [0.25, 0.3) is 0 Å². The molecular weight excluding hydrogens is 342 g/mol. The summed E-state index contributed by atoms with van der Waals surface area (Å²) in [5.74, 6) is -3.74. The van der Waals surface area contributed by atoms with E-state index in [0.717, 1.165) is 13.0 Å². The van der Waals surface area contributed by atoms with Crippen LogP contribution in [0, 0.1) is 11.8 Å². The molecule has 0 aliphatic rings. The van der Waals surface area contributed by atoms with Crippen LogP contribution in [0.3, 0.4) is 0 Å². The molecule has 0 aromatic rings. The number of quaternary nitrogens is 1. The molecule has 0 heterocycles. The van der Waals surface area contributed by atoms with Gasteiger partial charge in [0.1, 0.15) is 0 Å². The van der Waals surface area contributed by atoms with E-state index in [1.807, 2.05) is 14.1 Å². The lowest BCUT2D eigenvalue weighted by atomic mass is 9.89. The number of amides is 2. The number of nitrogens with two attached hydrogens (primary N) is 1. The molecule has 0 saturated carbocycles. The quantitative estimate of drug-likeness (QED) is 0.173. The zero-order chi connectivity index (χ0) is 20.3. The Morgan fingerprint density at radius 2 is 1.81 bits per heavy atom. The summed E-state index contributed by atoms with van der Waals surface area (Å²) in [5.41, 5.74) is 5.35. The Hall–Kier alpha value is -1.71. The van der Waals surface area contributed by atoms with E-state index in [9.17, 15) is 19.5 Å². The van der Waals surface area contributed by atoms with Gasteiger partial charge in [0.05, 0.1) is 33.1 Å². The third kappa shape index (κ3) is 9.12. The van der Waals surface area contributed by atoms with Crippen LogP contribution in [0.15, 0.2) is 0 Å². The lowest BCUT2D eigenvalue weighted by Gasteiger charge is -2.32. The molecule has 26 heavy (non-hydrogen) atoms. The summed E-state index contributed by atoms with van der Waals surface area (Å²) in [6.07, 6.45) is -0.452. The summed E-state index contributed by atoms with van der Waals surface area (Å²) in [7, 11) is 4.07. The topological polar surface area (TPSA) is 128 Å². The molecule has 0 radical (unpaired) electrons. The summed E-state index contributed by atoms with van der Waals surface area (Å²) in [6, 6.07) is 0. The Kier molecular flexibility index (Phi) is 11.0. The number of nitrogens with zero attached hydrogens (tertiary/aromatic N) is 1. The molecule has 0 aromatic heterocycles. The zero-order valence-electron chi connectivity index (χ0n) is 16.5. The van der Waals surface area contributed by atoms with E-state index in [1.165, 1.54) is 0 Å². The molecule has 3 unspecified atom stereocenters. The van der Waals surface area contributed by atoms with Gasteiger partial charge in [-0.1, -0.05) is 13.8 Å². The van der Waals surface area contributed by atoms with E-state index in [2.05, 4.69) is 17.0 Å². The maximum absolute atomic E-state index is 12.5. The number of carbonyl (C=O) groups excluding carboxylic acids is 3. The number of aliphatic hydroxyl groups is 1. The number of hydrogen-bond donors (Lipinski definition) is 3. The van der Waals surface area contributed by atoms with Crippen molar-refractivity contribution in [3.05, 3.63) is 0 Å². The van der Waals surface area contributed by atoms with Crippen LogP contribution in [0.5, 0.6) is 0 Å². The minimum absolute atomic E-state index is 0.313. The number of carbonyl (C=O) groups is 3. The van der Waals surface area contributed by atoms with Gasteiger partial charge in [0.2, 0.25) is 18.0 Å². The van der Waals surface area contributed by atoms with E-state index >= 15 is 0 Å². The maximum atomic E-state index is 12.5. The van der Waals surface area contributed by atoms with Crippen LogP contribution in [0.25, 0.3) is 0 Å². The summed E-state index contributed by atoms with van der Waals surface area (Å²) < 4.78 is 10.2. The van der Waals surface area contributed by atoms with E-state index in [0.29, 0.717) is 24.1 Å². The first kappa shape index (κ1) is 24.3. The molecule has 0 aromatic carbocycles. The van der Waals surface area contributed by atoms with Gasteiger partial charge < -0.3 is 30.1 Å². The minimum atomic E-state index is -1.83. The van der Waals surface area contributed by atoms with Crippen LogP contribution in [0.4, 0.5) is 0 Å². The van der Waals surface area contributed by atoms with Gasteiger partial charge in [-0.05, 0) is 13.3 Å². The van der Waals surface area contributed by atoms with Crippen molar-refractivity contribution in [2.45, 2.75) is 39.8 Å². The minimum Gasteiger partial charge on any atom is -0.435 e. The lowest BCUT2D eigenvalue weighted by molar-refractivity contribution is -0.890. The van der Waals surface area contributed by atoms with Gasteiger partial charge in [-0.2, -0.15) is 0 Å². The smallest absolute Gasteiger partial charge is 0.358 e. The fraction of sp³-hybridized carbons (Fsp3) is 0.824. The van der Waals surface area contributed by atoms with Crippen molar-refractivity contribution in [2.75, 3.05) is 40.6 Å². The molecule has 152 valence electrons. The maximum Gasteiger partial charge on any atom is 0.358 e. The molecule has 0 spiro atoms. The van der Waals surface area contributed by atoms with Gasteiger partial charge in [-0.15, -0.1) is 0 Å². The Morgan fingerprint density at radius 1 is 1.19 bits per heavy atom. The molecule has 9 nitrogen and oxygen atoms in total. The van der Waals surface area contributed by atoms with Gasteiger partial charge in [-0.3, -0.25) is 9.59 Å². The van der Waals surface area contributed by atoms with Crippen molar-refractivity contribution in [1.82, 2.24) is 5.32 Å². The van der Waals surface area contributed by atoms with Crippen LogP contribution in [-0.2, 0) is 23.9 Å².